The predicted octanol–water partition coefficient (Wildman–Crippen LogP) is 2.41. The van der Waals surface area contributed by atoms with Crippen LogP contribution in [-0.4, -0.2) is 31.6 Å². The monoisotopic (exact) mass is 307 g/mol. The van der Waals surface area contributed by atoms with Gasteiger partial charge in [0.2, 0.25) is 0 Å². The first kappa shape index (κ1) is 14.7. The van der Waals surface area contributed by atoms with Crippen molar-refractivity contribution < 1.29 is 4.79 Å². The summed E-state index contributed by atoms with van der Waals surface area (Å²) in [5, 5.41) is 3.91. The standard InChI is InChI=1S/C16H22ClN3O/c17-13-4-1-5-14(15(13)16(18)21)20(12-6-7-12)10-11-3-2-8-19-9-11/h1,4-5,11-12,19H,2-3,6-10H2,(H2,18,21). The van der Waals surface area contributed by atoms with Crippen LogP contribution in [0.15, 0.2) is 18.2 Å². The smallest absolute Gasteiger partial charge is 0.252 e. The summed E-state index contributed by atoms with van der Waals surface area (Å²) in [5.41, 5.74) is 6.92. The van der Waals surface area contributed by atoms with Gasteiger partial charge in [0.05, 0.1) is 16.3 Å². The van der Waals surface area contributed by atoms with E-state index < -0.39 is 5.91 Å². The number of carbonyl (C=O) groups excluding carboxylic acids is 1. The van der Waals surface area contributed by atoms with Crippen LogP contribution in [0.3, 0.4) is 0 Å². The lowest BCUT2D eigenvalue weighted by molar-refractivity contribution is 0.100. The van der Waals surface area contributed by atoms with Crippen LogP contribution in [0.2, 0.25) is 5.02 Å². The Morgan fingerprint density at radius 1 is 1.38 bits per heavy atom. The number of rotatable bonds is 5. The lowest BCUT2D eigenvalue weighted by atomic mass is 9.98. The van der Waals surface area contributed by atoms with E-state index in [0.717, 1.165) is 25.3 Å². The van der Waals surface area contributed by atoms with Crippen LogP contribution in [0, 0.1) is 5.92 Å². The van der Waals surface area contributed by atoms with E-state index >= 15 is 0 Å². The average molecular weight is 308 g/mol. The molecule has 1 saturated heterocycles. The number of piperidine rings is 1. The van der Waals surface area contributed by atoms with Crippen LogP contribution >= 0.6 is 11.6 Å². The van der Waals surface area contributed by atoms with E-state index in [1.165, 1.54) is 25.7 Å². The summed E-state index contributed by atoms with van der Waals surface area (Å²) in [5.74, 6) is 0.182. The van der Waals surface area contributed by atoms with Gasteiger partial charge in [0.25, 0.3) is 5.91 Å². The zero-order valence-electron chi connectivity index (χ0n) is 12.1. The highest BCUT2D eigenvalue weighted by Crippen LogP contribution is 2.36. The van der Waals surface area contributed by atoms with Gasteiger partial charge in [-0.1, -0.05) is 17.7 Å². The molecule has 5 heteroatoms. The van der Waals surface area contributed by atoms with Crippen molar-refractivity contribution >= 4 is 23.2 Å². The van der Waals surface area contributed by atoms with Gasteiger partial charge in [-0.2, -0.15) is 0 Å². The van der Waals surface area contributed by atoms with E-state index in [1.54, 1.807) is 6.07 Å². The maximum absolute atomic E-state index is 11.8. The van der Waals surface area contributed by atoms with Crippen molar-refractivity contribution in [1.82, 2.24) is 5.32 Å². The van der Waals surface area contributed by atoms with E-state index in [4.69, 9.17) is 17.3 Å². The van der Waals surface area contributed by atoms with Gasteiger partial charge in [-0.25, -0.2) is 0 Å². The third kappa shape index (κ3) is 3.33. The van der Waals surface area contributed by atoms with Crippen LogP contribution in [0.25, 0.3) is 0 Å². The zero-order valence-corrected chi connectivity index (χ0v) is 12.9. The molecule has 0 spiro atoms. The first-order valence-electron chi connectivity index (χ1n) is 7.72. The molecule has 2 aliphatic rings. The third-order valence-corrected chi connectivity index (χ3v) is 4.70. The Hall–Kier alpha value is -1.26. The SMILES string of the molecule is NC(=O)c1c(Cl)cccc1N(CC1CCCNC1)C1CC1. The molecule has 114 valence electrons. The first-order valence-corrected chi connectivity index (χ1v) is 8.10. The fourth-order valence-electron chi connectivity index (χ4n) is 3.18. The van der Waals surface area contributed by atoms with Gasteiger partial charge in [-0.05, 0) is 56.8 Å². The molecule has 0 bridgehead atoms. The molecule has 1 heterocycles. The molecular formula is C16H22ClN3O. The Morgan fingerprint density at radius 3 is 2.81 bits per heavy atom. The zero-order chi connectivity index (χ0) is 14.8. The molecule has 1 unspecified atom stereocenters. The topological polar surface area (TPSA) is 58.4 Å². The number of nitrogens with one attached hydrogen (secondary N) is 1. The third-order valence-electron chi connectivity index (χ3n) is 4.39. The molecule has 1 aromatic carbocycles. The lowest BCUT2D eigenvalue weighted by Crippen LogP contribution is -2.40. The van der Waals surface area contributed by atoms with Gasteiger partial charge >= 0.3 is 0 Å². The second-order valence-corrected chi connectivity index (χ2v) is 6.50. The van der Waals surface area contributed by atoms with E-state index in [1.807, 2.05) is 12.1 Å². The molecule has 4 nitrogen and oxygen atoms in total. The van der Waals surface area contributed by atoms with Crippen molar-refractivity contribution in [2.45, 2.75) is 31.7 Å². The minimum atomic E-state index is -0.442. The fourth-order valence-corrected chi connectivity index (χ4v) is 3.45. The van der Waals surface area contributed by atoms with Crippen LogP contribution in [0.5, 0.6) is 0 Å². The summed E-state index contributed by atoms with van der Waals surface area (Å²) in [6.07, 6.45) is 4.83. The number of primary amides is 1. The molecule has 1 amide bonds. The molecule has 1 saturated carbocycles. The second-order valence-electron chi connectivity index (χ2n) is 6.09. The van der Waals surface area contributed by atoms with Crippen LogP contribution in [0.4, 0.5) is 5.69 Å². The molecule has 3 N–H and O–H groups in total. The highest BCUT2D eigenvalue weighted by Gasteiger charge is 2.33. The van der Waals surface area contributed by atoms with Crippen molar-refractivity contribution in [3.63, 3.8) is 0 Å². The van der Waals surface area contributed by atoms with Crippen molar-refractivity contribution in [1.29, 1.82) is 0 Å². The number of anilines is 1. The Kier molecular flexibility index (Phi) is 4.36. The number of carbonyl (C=O) groups is 1. The fraction of sp³-hybridized carbons (Fsp3) is 0.562. The van der Waals surface area contributed by atoms with E-state index in [2.05, 4.69) is 10.2 Å². The Morgan fingerprint density at radius 2 is 2.19 bits per heavy atom. The minimum Gasteiger partial charge on any atom is -0.368 e. The van der Waals surface area contributed by atoms with E-state index in [-0.39, 0.29) is 0 Å². The number of hydrogen-bond acceptors (Lipinski definition) is 3. The van der Waals surface area contributed by atoms with E-state index in [9.17, 15) is 4.79 Å². The number of halogens is 1. The molecule has 1 atom stereocenters. The Balaban J connectivity index is 1.87. The number of hydrogen-bond donors (Lipinski definition) is 2. The maximum atomic E-state index is 11.8. The largest absolute Gasteiger partial charge is 0.368 e. The molecular weight excluding hydrogens is 286 g/mol. The molecule has 0 aromatic heterocycles. The quantitative estimate of drug-likeness (QED) is 0.878. The second kappa shape index (κ2) is 6.24. The van der Waals surface area contributed by atoms with Crippen molar-refractivity contribution in [3.05, 3.63) is 28.8 Å². The van der Waals surface area contributed by atoms with Gasteiger partial charge in [0.1, 0.15) is 0 Å². The lowest BCUT2D eigenvalue weighted by Gasteiger charge is -2.33. The number of amides is 1. The van der Waals surface area contributed by atoms with Crippen molar-refractivity contribution in [2.24, 2.45) is 11.7 Å². The normalized spacial score (nSPS) is 22.0. The summed E-state index contributed by atoms with van der Waals surface area (Å²) in [6.45, 7) is 3.14. The summed E-state index contributed by atoms with van der Waals surface area (Å²) in [4.78, 5) is 14.1. The minimum absolute atomic E-state index is 0.442. The van der Waals surface area contributed by atoms with Crippen molar-refractivity contribution in [2.75, 3.05) is 24.5 Å². The molecule has 0 radical (unpaired) electrons. The predicted molar refractivity (Wildman–Crippen MR) is 85.9 cm³/mol. The number of benzene rings is 1. The molecule has 1 aliphatic carbocycles. The summed E-state index contributed by atoms with van der Waals surface area (Å²) < 4.78 is 0. The highest BCUT2D eigenvalue weighted by molar-refractivity contribution is 6.34. The van der Waals surface area contributed by atoms with Gasteiger partial charge in [-0.3, -0.25) is 4.79 Å². The molecule has 1 aliphatic heterocycles. The van der Waals surface area contributed by atoms with Crippen LogP contribution in [0.1, 0.15) is 36.0 Å². The molecule has 3 rings (SSSR count). The van der Waals surface area contributed by atoms with Crippen molar-refractivity contribution in [3.8, 4) is 0 Å². The highest BCUT2D eigenvalue weighted by atomic mass is 35.5. The van der Waals surface area contributed by atoms with E-state index in [0.29, 0.717) is 22.5 Å². The van der Waals surface area contributed by atoms with Crippen LogP contribution < -0.4 is 16.0 Å². The molecule has 2 fully saturated rings. The van der Waals surface area contributed by atoms with Gasteiger partial charge in [0.15, 0.2) is 0 Å². The number of nitrogens with zero attached hydrogens (tertiary/aromatic N) is 1. The summed E-state index contributed by atoms with van der Waals surface area (Å²) in [7, 11) is 0. The number of nitrogens with two attached hydrogens (primary N) is 1. The Bertz CT molecular complexity index is 524. The maximum Gasteiger partial charge on any atom is 0.252 e. The first-order chi connectivity index (χ1) is 10.2. The summed E-state index contributed by atoms with van der Waals surface area (Å²) >= 11 is 6.20. The molecule has 21 heavy (non-hydrogen) atoms. The summed E-state index contributed by atoms with van der Waals surface area (Å²) in [6, 6.07) is 6.14. The van der Waals surface area contributed by atoms with Crippen LogP contribution in [-0.2, 0) is 0 Å². The molecule has 1 aromatic rings. The van der Waals surface area contributed by atoms with Gasteiger partial charge in [-0.15, -0.1) is 0 Å². The Labute approximate surface area is 130 Å². The average Bonchev–Trinajstić information content (AvgIpc) is 3.30. The van der Waals surface area contributed by atoms with Gasteiger partial charge < -0.3 is 16.0 Å². The van der Waals surface area contributed by atoms with Gasteiger partial charge in [0, 0.05) is 12.6 Å².